The first kappa shape index (κ1) is 19.0. The van der Waals surface area contributed by atoms with E-state index in [1.165, 1.54) is 18.3 Å². The quantitative estimate of drug-likeness (QED) is 0.676. The molecule has 1 aromatic heterocycles. The van der Waals surface area contributed by atoms with Crippen LogP contribution in [0.5, 0.6) is 0 Å². The second kappa shape index (κ2) is 8.73. The number of rotatable bonds is 6. The third-order valence-electron chi connectivity index (χ3n) is 4.00. The number of anilines is 2. The molecule has 7 heteroatoms. The second-order valence-electron chi connectivity index (χ2n) is 6.00. The van der Waals surface area contributed by atoms with Crippen LogP contribution in [0.4, 0.5) is 20.3 Å². The molecule has 3 aromatic rings. The molecule has 0 spiro atoms. The zero-order chi connectivity index (χ0) is 19.9. The highest BCUT2D eigenvalue weighted by Gasteiger charge is 2.09. The van der Waals surface area contributed by atoms with Crippen molar-refractivity contribution in [3.05, 3.63) is 89.1 Å². The van der Waals surface area contributed by atoms with Crippen LogP contribution in [-0.4, -0.2) is 17.4 Å². The Hall–Kier alpha value is -3.79. The first-order chi connectivity index (χ1) is 13.5. The summed E-state index contributed by atoms with van der Waals surface area (Å²) in [6.07, 6.45) is 2.21. The van der Waals surface area contributed by atoms with Gasteiger partial charge < -0.3 is 10.6 Å². The molecule has 28 heavy (non-hydrogen) atoms. The van der Waals surface area contributed by atoms with Gasteiger partial charge in [0.25, 0.3) is 5.91 Å². The van der Waals surface area contributed by atoms with E-state index in [-0.39, 0.29) is 5.69 Å². The Bertz CT molecular complexity index is 1030. The van der Waals surface area contributed by atoms with Gasteiger partial charge in [-0.3, -0.25) is 4.79 Å². The monoisotopic (exact) mass is 378 g/mol. The van der Waals surface area contributed by atoms with Crippen LogP contribution >= 0.6 is 0 Å². The first-order valence-corrected chi connectivity index (χ1v) is 8.50. The van der Waals surface area contributed by atoms with Crippen molar-refractivity contribution in [1.29, 1.82) is 5.26 Å². The summed E-state index contributed by atoms with van der Waals surface area (Å²) in [6, 6.07) is 15.6. The molecule has 3 rings (SSSR count). The van der Waals surface area contributed by atoms with Gasteiger partial charge in [0.2, 0.25) is 0 Å². The fraction of sp³-hybridized carbons (Fsp3) is 0.0952. The van der Waals surface area contributed by atoms with E-state index in [2.05, 4.69) is 21.7 Å². The van der Waals surface area contributed by atoms with Crippen molar-refractivity contribution in [2.45, 2.75) is 6.42 Å². The summed E-state index contributed by atoms with van der Waals surface area (Å²) in [5.41, 5.74) is 2.17. The van der Waals surface area contributed by atoms with E-state index in [0.717, 1.165) is 24.1 Å². The fourth-order valence-electron chi connectivity index (χ4n) is 2.53. The zero-order valence-electron chi connectivity index (χ0n) is 14.7. The lowest BCUT2D eigenvalue weighted by atomic mass is 10.1. The number of halogens is 2. The van der Waals surface area contributed by atoms with E-state index >= 15 is 0 Å². The van der Waals surface area contributed by atoms with Crippen LogP contribution in [0.1, 0.15) is 21.5 Å². The molecule has 140 valence electrons. The van der Waals surface area contributed by atoms with Crippen molar-refractivity contribution < 1.29 is 13.6 Å². The van der Waals surface area contributed by atoms with Crippen LogP contribution in [0, 0.1) is 23.0 Å². The first-order valence-electron chi connectivity index (χ1n) is 8.50. The van der Waals surface area contributed by atoms with Gasteiger partial charge in [0.15, 0.2) is 11.6 Å². The summed E-state index contributed by atoms with van der Waals surface area (Å²) in [5, 5.41) is 14.5. The molecule has 0 aliphatic heterocycles. The van der Waals surface area contributed by atoms with Crippen LogP contribution in [-0.2, 0) is 6.42 Å². The number of nitrogens with zero attached hydrogens (tertiary/aromatic N) is 2. The minimum Gasteiger partial charge on any atom is -0.370 e. The van der Waals surface area contributed by atoms with Gasteiger partial charge in [-0.1, -0.05) is 12.1 Å². The second-order valence-corrected chi connectivity index (χ2v) is 6.00. The van der Waals surface area contributed by atoms with Gasteiger partial charge in [0.05, 0.1) is 11.6 Å². The molecule has 0 unspecified atom stereocenters. The maximum absolute atomic E-state index is 13.3. The Morgan fingerprint density at radius 1 is 1.04 bits per heavy atom. The summed E-state index contributed by atoms with van der Waals surface area (Å²) < 4.78 is 26.2. The summed E-state index contributed by atoms with van der Waals surface area (Å²) >= 11 is 0. The largest absolute Gasteiger partial charge is 0.370 e. The van der Waals surface area contributed by atoms with Gasteiger partial charge >= 0.3 is 0 Å². The molecule has 0 saturated heterocycles. The maximum atomic E-state index is 13.3. The number of benzene rings is 2. The number of aromatic nitrogens is 1. The predicted molar refractivity (Wildman–Crippen MR) is 102 cm³/mol. The Balaban J connectivity index is 1.58. The molecular weight excluding hydrogens is 362 g/mol. The van der Waals surface area contributed by atoms with E-state index in [1.54, 1.807) is 18.2 Å². The molecule has 1 heterocycles. The van der Waals surface area contributed by atoms with Crippen LogP contribution in [0.25, 0.3) is 0 Å². The number of nitrogens with one attached hydrogen (secondary N) is 2. The summed E-state index contributed by atoms with van der Waals surface area (Å²) in [7, 11) is 0. The Kier molecular flexibility index (Phi) is 5.92. The Morgan fingerprint density at radius 2 is 1.82 bits per heavy atom. The zero-order valence-corrected chi connectivity index (χ0v) is 14.7. The van der Waals surface area contributed by atoms with Crippen molar-refractivity contribution in [2.24, 2.45) is 0 Å². The lowest BCUT2D eigenvalue weighted by Gasteiger charge is -2.09. The minimum absolute atomic E-state index is 0.163. The van der Waals surface area contributed by atoms with Crippen molar-refractivity contribution in [3.63, 3.8) is 0 Å². The molecule has 2 aromatic carbocycles. The lowest BCUT2D eigenvalue weighted by molar-refractivity contribution is 0.102. The number of amides is 1. The third-order valence-corrected chi connectivity index (χ3v) is 4.00. The SMILES string of the molecule is N#Cc1ccc(CCNc2cc(C(=O)Nc3ccc(F)c(F)c3)ccn2)cc1. The molecule has 5 nitrogen and oxygen atoms in total. The van der Waals surface area contributed by atoms with E-state index in [1.807, 2.05) is 12.1 Å². The van der Waals surface area contributed by atoms with Gasteiger partial charge in [0.1, 0.15) is 5.82 Å². The molecule has 0 aliphatic rings. The van der Waals surface area contributed by atoms with Crippen molar-refractivity contribution >= 4 is 17.4 Å². The Labute approximate surface area is 160 Å². The van der Waals surface area contributed by atoms with Gasteiger partial charge in [0, 0.05) is 30.1 Å². The molecule has 2 N–H and O–H groups in total. The molecule has 0 aliphatic carbocycles. The van der Waals surface area contributed by atoms with Crippen LogP contribution < -0.4 is 10.6 Å². The number of carbonyl (C=O) groups excluding carboxylic acids is 1. The van der Waals surface area contributed by atoms with Crippen LogP contribution in [0.3, 0.4) is 0 Å². The van der Waals surface area contributed by atoms with Gasteiger partial charge in [-0.2, -0.15) is 5.26 Å². The molecule has 0 radical (unpaired) electrons. The van der Waals surface area contributed by atoms with E-state index < -0.39 is 17.5 Å². The number of pyridine rings is 1. The summed E-state index contributed by atoms with van der Waals surface area (Å²) in [5.74, 6) is -1.94. The molecule has 0 atom stereocenters. The van der Waals surface area contributed by atoms with Crippen LogP contribution in [0.2, 0.25) is 0 Å². The molecule has 0 saturated carbocycles. The van der Waals surface area contributed by atoms with Gasteiger partial charge in [-0.25, -0.2) is 13.8 Å². The number of hydrogen-bond acceptors (Lipinski definition) is 4. The Morgan fingerprint density at radius 3 is 2.54 bits per heavy atom. The number of carbonyl (C=O) groups is 1. The minimum atomic E-state index is -1.03. The van der Waals surface area contributed by atoms with E-state index in [9.17, 15) is 13.6 Å². The van der Waals surface area contributed by atoms with Crippen LogP contribution in [0.15, 0.2) is 60.8 Å². The fourth-order valence-corrected chi connectivity index (χ4v) is 2.53. The lowest BCUT2D eigenvalue weighted by Crippen LogP contribution is -2.13. The molecule has 1 amide bonds. The van der Waals surface area contributed by atoms with Gasteiger partial charge in [-0.15, -0.1) is 0 Å². The molecule has 0 fully saturated rings. The summed E-state index contributed by atoms with van der Waals surface area (Å²) in [4.78, 5) is 16.5. The summed E-state index contributed by atoms with van der Waals surface area (Å²) in [6.45, 7) is 0.590. The van der Waals surface area contributed by atoms with Crippen molar-refractivity contribution in [3.8, 4) is 6.07 Å². The maximum Gasteiger partial charge on any atom is 0.255 e. The molecular formula is C21H16F2N4O. The topological polar surface area (TPSA) is 77.8 Å². The highest BCUT2D eigenvalue weighted by atomic mass is 19.2. The smallest absolute Gasteiger partial charge is 0.255 e. The highest BCUT2D eigenvalue weighted by molar-refractivity contribution is 6.04. The third kappa shape index (κ3) is 4.89. The number of nitriles is 1. The van der Waals surface area contributed by atoms with E-state index in [4.69, 9.17) is 5.26 Å². The average molecular weight is 378 g/mol. The van der Waals surface area contributed by atoms with Crippen molar-refractivity contribution in [1.82, 2.24) is 4.98 Å². The highest BCUT2D eigenvalue weighted by Crippen LogP contribution is 2.15. The standard InChI is InChI=1S/C21H16F2N4O/c22-18-6-5-17(12-19(18)23)27-21(28)16-8-10-26-20(11-16)25-9-7-14-1-3-15(13-24)4-2-14/h1-6,8,10-12H,7,9H2,(H,25,26)(H,27,28). The normalized spacial score (nSPS) is 10.2. The predicted octanol–water partition coefficient (Wildman–Crippen LogP) is 4.14. The van der Waals surface area contributed by atoms with E-state index in [0.29, 0.717) is 23.5 Å². The van der Waals surface area contributed by atoms with Crippen molar-refractivity contribution in [2.75, 3.05) is 17.2 Å². The number of hydrogen-bond donors (Lipinski definition) is 2. The van der Waals surface area contributed by atoms with Gasteiger partial charge in [-0.05, 0) is 48.4 Å². The average Bonchev–Trinajstić information content (AvgIpc) is 2.71. The molecule has 0 bridgehead atoms.